The molecule has 0 aromatic heterocycles. The molecule has 0 saturated heterocycles. The van der Waals surface area contributed by atoms with Crippen molar-refractivity contribution in [1.29, 1.82) is 0 Å². The summed E-state index contributed by atoms with van der Waals surface area (Å²) < 4.78 is 39.1. The summed E-state index contributed by atoms with van der Waals surface area (Å²) in [7, 11) is -2.23. The lowest BCUT2D eigenvalue weighted by atomic mass is 10.2. The second kappa shape index (κ2) is 10.8. The minimum atomic E-state index is -3.65. The van der Waals surface area contributed by atoms with Crippen LogP contribution in [-0.4, -0.2) is 33.9 Å². The number of hydrogen-bond acceptors (Lipinski definition) is 6. The topological polar surface area (TPSA) is 78.9 Å². The van der Waals surface area contributed by atoms with Crippen molar-refractivity contribution in [2.45, 2.75) is 39.5 Å². The molecule has 1 aromatic rings. The molecule has 0 aliphatic rings. The number of unbranched alkanes of at least 4 members (excludes halogenated alkanes) is 2. The first-order valence-electron chi connectivity index (χ1n) is 8.37. The average Bonchev–Trinajstić information content (AvgIpc) is 2.59. The Hall–Kier alpha value is -2.02. The van der Waals surface area contributed by atoms with Crippen molar-refractivity contribution < 1.29 is 26.9 Å². The monoisotopic (exact) mass is 370 g/mol. The first-order valence-corrected chi connectivity index (χ1v) is 9.94. The molecule has 0 radical (unpaired) electrons. The van der Waals surface area contributed by atoms with Crippen LogP contribution in [0.2, 0.25) is 0 Å². The zero-order valence-corrected chi connectivity index (χ0v) is 15.8. The normalized spacial score (nSPS) is 11.5. The summed E-state index contributed by atoms with van der Waals surface area (Å²) in [6.45, 7) is 4.32. The molecule has 1 rings (SSSR count). The minimum Gasteiger partial charge on any atom is -0.493 e. The number of rotatable bonds is 11. The summed E-state index contributed by atoms with van der Waals surface area (Å²) in [4.78, 5) is 11.6. The van der Waals surface area contributed by atoms with Gasteiger partial charge in [0.25, 0.3) is 0 Å². The minimum absolute atomic E-state index is 0.0437. The number of benzene rings is 1. The van der Waals surface area contributed by atoms with Crippen LogP contribution < -0.4 is 8.92 Å². The third-order valence-corrected chi connectivity index (χ3v) is 4.53. The highest BCUT2D eigenvalue weighted by Crippen LogP contribution is 2.30. The predicted octanol–water partition coefficient (Wildman–Crippen LogP) is 3.56. The maximum absolute atomic E-state index is 11.9. The maximum Gasteiger partial charge on any atom is 0.330 e. The third-order valence-electron chi connectivity index (χ3n) is 3.31. The lowest BCUT2D eigenvalue weighted by Gasteiger charge is -2.11. The van der Waals surface area contributed by atoms with Gasteiger partial charge in [0.1, 0.15) is 0 Å². The molecule has 0 heterocycles. The Kier molecular flexibility index (Phi) is 9.05. The number of methoxy groups -OCH3 is 1. The van der Waals surface area contributed by atoms with Gasteiger partial charge in [-0.15, -0.1) is 0 Å². The van der Waals surface area contributed by atoms with E-state index in [4.69, 9.17) is 13.7 Å². The van der Waals surface area contributed by atoms with Crippen molar-refractivity contribution in [1.82, 2.24) is 0 Å². The second-order valence-electron chi connectivity index (χ2n) is 5.46. The molecule has 0 atom stereocenters. The van der Waals surface area contributed by atoms with E-state index in [1.165, 1.54) is 19.3 Å². The van der Waals surface area contributed by atoms with Crippen molar-refractivity contribution in [3.05, 3.63) is 29.8 Å². The summed E-state index contributed by atoms with van der Waals surface area (Å²) in [6.07, 6.45) is 5.97. The second-order valence-corrected chi connectivity index (χ2v) is 7.15. The molecule has 0 bridgehead atoms. The van der Waals surface area contributed by atoms with E-state index in [0.29, 0.717) is 18.6 Å². The number of hydrogen-bond donors (Lipinski definition) is 0. The van der Waals surface area contributed by atoms with Crippen LogP contribution >= 0.6 is 0 Å². The molecule has 0 N–H and O–H groups in total. The number of carbonyl (C=O) groups is 1. The molecule has 7 heteroatoms. The molecule has 0 fully saturated rings. The van der Waals surface area contributed by atoms with E-state index in [1.807, 2.05) is 13.8 Å². The van der Waals surface area contributed by atoms with E-state index < -0.39 is 16.1 Å². The molecule has 0 spiro atoms. The summed E-state index contributed by atoms with van der Waals surface area (Å²) in [5.74, 6) is -0.0597. The highest BCUT2D eigenvalue weighted by atomic mass is 32.2. The fourth-order valence-corrected chi connectivity index (χ4v) is 3.02. The van der Waals surface area contributed by atoms with Gasteiger partial charge in [-0.2, -0.15) is 8.42 Å². The first kappa shape index (κ1) is 21.0. The fourth-order valence-electron chi connectivity index (χ4n) is 1.89. The van der Waals surface area contributed by atoms with E-state index in [1.54, 1.807) is 18.2 Å². The lowest BCUT2D eigenvalue weighted by molar-refractivity contribution is -0.137. The van der Waals surface area contributed by atoms with Gasteiger partial charge in [-0.05, 0) is 36.6 Å². The van der Waals surface area contributed by atoms with Crippen molar-refractivity contribution in [3.63, 3.8) is 0 Å². The van der Waals surface area contributed by atoms with Gasteiger partial charge in [0.05, 0.1) is 19.5 Å². The third kappa shape index (κ3) is 8.07. The molecular weight excluding hydrogens is 344 g/mol. The first-order chi connectivity index (χ1) is 11.9. The van der Waals surface area contributed by atoms with Crippen molar-refractivity contribution >= 4 is 22.2 Å². The Labute approximate surface area is 149 Å². The Balaban J connectivity index is 2.79. The van der Waals surface area contributed by atoms with Crippen LogP contribution in [-0.2, 0) is 19.6 Å². The lowest BCUT2D eigenvalue weighted by Crippen LogP contribution is -2.14. The summed E-state index contributed by atoms with van der Waals surface area (Å²) >= 11 is 0. The quantitative estimate of drug-likeness (QED) is 0.256. The van der Waals surface area contributed by atoms with Crippen LogP contribution in [0.3, 0.4) is 0 Å². The molecule has 140 valence electrons. The van der Waals surface area contributed by atoms with Crippen molar-refractivity contribution in [2.24, 2.45) is 0 Å². The average molecular weight is 370 g/mol. The number of ether oxygens (including phenoxy) is 2. The van der Waals surface area contributed by atoms with Gasteiger partial charge < -0.3 is 13.7 Å². The molecule has 0 amide bonds. The van der Waals surface area contributed by atoms with E-state index in [2.05, 4.69) is 0 Å². The van der Waals surface area contributed by atoms with Crippen LogP contribution in [0.5, 0.6) is 11.5 Å². The SMILES string of the molecule is CCCCOC(=O)/C=C/c1ccc(OS(=O)(=O)CCCC)c(OC)c1. The van der Waals surface area contributed by atoms with Crippen LogP contribution in [0.4, 0.5) is 0 Å². The molecule has 0 unspecified atom stereocenters. The van der Waals surface area contributed by atoms with E-state index >= 15 is 0 Å². The Morgan fingerprint density at radius 3 is 2.48 bits per heavy atom. The Bertz CT molecular complexity index is 679. The van der Waals surface area contributed by atoms with Gasteiger partial charge in [-0.25, -0.2) is 4.79 Å². The van der Waals surface area contributed by atoms with Crippen LogP contribution in [0, 0.1) is 0 Å². The number of esters is 1. The molecule has 0 aliphatic heterocycles. The summed E-state index contributed by atoms with van der Waals surface area (Å²) in [5.41, 5.74) is 0.669. The van der Waals surface area contributed by atoms with Gasteiger partial charge in [0.2, 0.25) is 0 Å². The maximum atomic E-state index is 11.9. The van der Waals surface area contributed by atoms with Gasteiger partial charge >= 0.3 is 16.1 Å². The highest BCUT2D eigenvalue weighted by molar-refractivity contribution is 7.87. The predicted molar refractivity (Wildman–Crippen MR) is 97.2 cm³/mol. The van der Waals surface area contributed by atoms with Crippen molar-refractivity contribution in [3.8, 4) is 11.5 Å². The van der Waals surface area contributed by atoms with E-state index in [-0.39, 0.29) is 17.3 Å². The molecule has 25 heavy (non-hydrogen) atoms. The van der Waals surface area contributed by atoms with Gasteiger partial charge in [0, 0.05) is 6.08 Å². The van der Waals surface area contributed by atoms with Crippen LogP contribution in [0.25, 0.3) is 6.08 Å². The number of carbonyl (C=O) groups excluding carboxylic acids is 1. The molecular formula is C18H26O6S. The summed E-state index contributed by atoms with van der Waals surface area (Å²) in [6, 6.07) is 4.74. The highest BCUT2D eigenvalue weighted by Gasteiger charge is 2.15. The largest absolute Gasteiger partial charge is 0.493 e. The van der Waals surface area contributed by atoms with E-state index in [0.717, 1.165) is 19.3 Å². The zero-order chi connectivity index (χ0) is 18.7. The summed E-state index contributed by atoms with van der Waals surface area (Å²) in [5, 5.41) is 0. The van der Waals surface area contributed by atoms with Gasteiger partial charge in [0.15, 0.2) is 11.5 Å². The standard InChI is InChI=1S/C18H26O6S/c1-4-6-12-23-18(19)11-9-15-8-10-16(17(14-15)22-3)24-25(20,21)13-7-5-2/h8-11,14H,4-7,12-13H2,1-3H3/b11-9+. The van der Waals surface area contributed by atoms with Gasteiger partial charge in [-0.1, -0.05) is 32.8 Å². The molecule has 0 aliphatic carbocycles. The Morgan fingerprint density at radius 1 is 1.12 bits per heavy atom. The zero-order valence-electron chi connectivity index (χ0n) is 15.0. The molecule has 6 nitrogen and oxygen atoms in total. The van der Waals surface area contributed by atoms with Crippen LogP contribution in [0.15, 0.2) is 24.3 Å². The fraction of sp³-hybridized carbons (Fsp3) is 0.500. The molecule has 1 aromatic carbocycles. The smallest absolute Gasteiger partial charge is 0.330 e. The Morgan fingerprint density at radius 2 is 1.84 bits per heavy atom. The van der Waals surface area contributed by atoms with E-state index in [9.17, 15) is 13.2 Å². The van der Waals surface area contributed by atoms with Crippen molar-refractivity contribution in [2.75, 3.05) is 19.5 Å². The molecule has 0 saturated carbocycles. The van der Waals surface area contributed by atoms with Gasteiger partial charge in [-0.3, -0.25) is 0 Å². The van der Waals surface area contributed by atoms with Crippen LogP contribution in [0.1, 0.15) is 45.1 Å².